The molecule has 1 N–H and O–H groups in total. The van der Waals surface area contributed by atoms with Crippen molar-refractivity contribution < 1.29 is 4.79 Å². The molecular formula is C18H26N2OS. The Hall–Kier alpha value is -1.00. The minimum absolute atomic E-state index is 0.177. The highest BCUT2D eigenvalue weighted by Gasteiger charge is 2.32. The molecule has 120 valence electrons. The Morgan fingerprint density at radius 1 is 1.23 bits per heavy atom. The molecule has 1 aliphatic carbocycles. The average molecular weight is 318 g/mol. The van der Waals surface area contributed by atoms with Crippen molar-refractivity contribution in [3.05, 3.63) is 29.3 Å². The summed E-state index contributed by atoms with van der Waals surface area (Å²) in [6.07, 6.45) is 4.97. The second-order valence-corrected chi connectivity index (χ2v) is 7.68. The standard InChI is InChI=1S/C18H26N2OS/c1-13-3-4-14(2)17(11-13)22-12-18(21)19-15-7-9-20(10-8-15)16-5-6-16/h3-4,11,15-16H,5-10,12H2,1-2H3,(H,19,21). The maximum absolute atomic E-state index is 12.2. The lowest BCUT2D eigenvalue weighted by Gasteiger charge is -2.32. The van der Waals surface area contributed by atoms with Crippen molar-refractivity contribution in [3.8, 4) is 0 Å². The first-order chi connectivity index (χ1) is 10.6. The maximum Gasteiger partial charge on any atom is 0.230 e. The van der Waals surface area contributed by atoms with E-state index in [4.69, 9.17) is 0 Å². The third kappa shape index (κ3) is 4.26. The van der Waals surface area contributed by atoms with Gasteiger partial charge in [-0.1, -0.05) is 17.7 Å². The summed E-state index contributed by atoms with van der Waals surface area (Å²) in [7, 11) is 0. The Morgan fingerprint density at radius 3 is 2.64 bits per heavy atom. The predicted octanol–water partition coefficient (Wildman–Crippen LogP) is 3.14. The van der Waals surface area contributed by atoms with Crippen LogP contribution in [0.3, 0.4) is 0 Å². The van der Waals surface area contributed by atoms with Crippen LogP contribution in [0.25, 0.3) is 0 Å². The lowest BCUT2D eigenvalue weighted by atomic mass is 10.1. The van der Waals surface area contributed by atoms with E-state index in [-0.39, 0.29) is 5.91 Å². The Balaban J connectivity index is 1.41. The van der Waals surface area contributed by atoms with Gasteiger partial charge in [0.25, 0.3) is 0 Å². The summed E-state index contributed by atoms with van der Waals surface area (Å²) in [4.78, 5) is 16.0. The average Bonchev–Trinajstić information content (AvgIpc) is 3.34. The molecule has 0 unspecified atom stereocenters. The quantitative estimate of drug-likeness (QED) is 0.847. The van der Waals surface area contributed by atoms with E-state index < -0.39 is 0 Å². The number of piperidine rings is 1. The number of hydrogen-bond donors (Lipinski definition) is 1. The largest absolute Gasteiger partial charge is 0.353 e. The van der Waals surface area contributed by atoms with Gasteiger partial charge in [0.2, 0.25) is 5.91 Å². The number of benzene rings is 1. The number of carbonyl (C=O) groups excluding carboxylic acids is 1. The van der Waals surface area contributed by atoms with Gasteiger partial charge in [-0.3, -0.25) is 4.79 Å². The molecule has 3 nitrogen and oxygen atoms in total. The van der Waals surface area contributed by atoms with Gasteiger partial charge in [-0.25, -0.2) is 0 Å². The molecule has 1 aliphatic heterocycles. The van der Waals surface area contributed by atoms with Gasteiger partial charge in [0.05, 0.1) is 5.75 Å². The van der Waals surface area contributed by atoms with Crippen LogP contribution in [0.15, 0.2) is 23.1 Å². The molecule has 0 aromatic heterocycles. The van der Waals surface area contributed by atoms with Gasteiger partial charge >= 0.3 is 0 Å². The number of hydrogen-bond acceptors (Lipinski definition) is 3. The summed E-state index contributed by atoms with van der Waals surface area (Å²) >= 11 is 1.65. The molecule has 1 saturated carbocycles. The van der Waals surface area contributed by atoms with Crippen LogP contribution in [0.1, 0.15) is 36.8 Å². The summed E-state index contributed by atoms with van der Waals surface area (Å²) in [5.74, 6) is 0.698. The number of nitrogens with one attached hydrogen (secondary N) is 1. The molecule has 4 heteroatoms. The van der Waals surface area contributed by atoms with E-state index in [0.717, 1.165) is 32.0 Å². The summed E-state index contributed by atoms with van der Waals surface area (Å²) in [6.45, 7) is 6.50. The summed E-state index contributed by atoms with van der Waals surface area (Å²) < 4.78 is 0. The summed E-state index contributed by atoms with van der Waals surface area (Å²) in [5, 5.41) is 3.22. The third-order valence-electron chi connectivity index (χ3n) is 4.66. The molecule has 1 aromatic carbocycles. The first kappa shape index (κ1) is 15.9. The van der Waals surface area contributed by atoms with E-state index in [1.165, 1.54) is 28.9 Å². The lowest BCUT2D eigenvalue weighted by molar-refractivity contribution is -0.119. The highest BCUT2D eigenvalue weighted by molar-refractivity contribution is 8.00. The smallest absolute Gasteiger partial charge is 0.230 e. The van der Waals surface area contributed by atoms with Crippen molar-refractivity contribution in [1.82, 2.24) is 10.2 Å². The van der Waals surface area contributed by atoms with E-state index in [2.05, 4.69) is 42.3 Å². The van der Waals surface area contributed by atoms with Crippen LogP contribution in [0.2, 0.25) is 0 Å². The van der Waals surface area contributed by atoms with Crippen LogP contribution in [0, 0.1) is 13.8 Å². The van der Waals surface area contributed by atoms with E-state index in [1.54, 1.807) is 11.8 Å². The van der Waals surface area contributed by atoms with Crippen molar-refractivity contribution in [1.29, 1.82) is 0 Å². The van der Waals surface area contributed by atoms with E-state index in [9.17, 15) is 4.79 Å². The van der Waals surface area contributed by atoms with Crippen molar-refractivity contribution in [3.63, 3.8) is 0 Å². The molecule has 1 aromatic rings. The minimum Gasteiger partial charge on any atom is -0.353 e. The number of likely N-dealkylation sites (tertiary alicyclic amines) is 1. The number of aryl methyl sites for hydroxylation is 2. The van der Waals surface area contributed by atoms with E-state index in [1.807, 2.05) is 0 Å². The molecule has 1 saturated heterocycles. The number of amides is 1. The first-order valence-electron chi connectivity index (χ1n) is 8.35. The molecule has 0 bridgehead atoms. The van der Waals surface area contributed by atoms with Gasteiger partial charge in [0.15, 0.2) is 0 Å². The number of rotatable bonds is 5. The monoisotopic (exact) mass is 318 g/mol. The predicted molar refractivity (Wildman–Crippen MR) is 92.4 cm³/mol. The zero-order chi connectivity index (χ0) is 15.5. The molecule has 0 radical (unpaired) electrons. The third-order valence-corrected chi connectivity index (χ3v) is 5.82. The van der Waals surface area contributed by atoms with Crippen LogP contribution in [0.4, 0.5) is 0 Å². The van der Waals surface area contributed by atoms with Gasteiger partial charge in [0.1, 0.15) is 0 Å². The highest BCUT2D eigenvalue weighted by Crippen LogP contribution is 2.29. The maximum atomic E-state index is 12.2. The van der Waals surface area contributed by atoms with Crippen molar-refractivity contribution >= 4 is 17.7 Å². The molecule has 0 spiro atoms. The highest BCUT2D eigenvalue weighted by atomic mass is 32.2. The Kier molecular flexibility index (Phi) is 5.09. The van der Waals surface area contributed by atoms with Crippen LogP contribution in [0.5, 0.6) is 0 Å². The molecule has 22 heavy (non-hydrogen) atoms. The fraction of sp³-hybridized carbons (Fsp3) is 0.611. The Labute approximate surface area is 137 Å². The van der Waals surface area contributed by atoms with Crippen LogP contribution >= 0.6 is 11.8 Å². The Morgan fingerprint density at radius 2 is 1.95 bits per heavy atom. The summed E-state index contributed by atoms with van der Waals surface area (Å²) in [6, 6.07) is 7.65. The molecule has 3 rings (SSSR count). The molecule has 1 heterocycles. The molecule has 2 fully saturated rings. The zero-order valence-corrected chi connectivity index (χ0v) is 14.4. The lowest BCUT2D eigenvalue weighted by Crippen LogP contribution is -2.45. The number of nitrogens with zero attached hydrogens (tertiary/aromatic N) is 1. The topological polar surface area (TPSA) is 32.3 Å². The van der Waals surface area contributed by atoms with Crippen LogP contribution in [-0.2, 0) is 4.79 Å². The van der Waals surface area contributed by atoms with Gasteiger partial charge in [0, 0.05) is 30.1 Å². The second-order valence-electron chi connectivity index (χ2n) is 6.67. The van der Waals surface area contributed by atoms with E-state index >= 15 is 0 Å². The van der Waals surface area contributed by atoms with Gasteiger partial charge in [-0.15, -0.1) is 11.8 Å². The fourth-order valence-electron chi connectivity index (χ4n) is 3.12. The van der Waals surface area contributed by atoms with Gasteiger partial charge in [-0.05, 0) is 51.2 Å². The molecule has 1 amide bonds. The van der Waals surface area contributed by atoms with Crippen LogP contribution < -0.4 is 5.32 Å². The molecule has 0 atom stereocenters. The summed E-state index contributed by atoms with van der Waals surface area (Å²) in [5.41, 5.74) is 2.50. The number of carbonyl (C=O) groups is 1. The fourth-order valence-corrected chi connectivity index (χ4v) is 4.06. The molecule has 2 aliphatic rings. The second kappa shape index (κ2) is 7.05. The van der Waals surface area contributed by atoms with Crippen molar-refractivity contribution in [2.45, 2.75) is 56.5 Å². The zero-order valence-electron chi connectivity index (χ0n) is 13.6. The molecular weight excluding hydrogens is 292 g/mol. The minimum atomic E-state index is 0.177. The first-order valence-corrected chi connectivity index (χ1v) is 9.34. The van der Waals surface area contributed by atoms with Crippen molar-refractivity contribution in [2.75, 3.05) is 18.8 Å². The SMILES string of the molecule is Cc1ccc(C)c(SCC(=O)NC2CCN(C3CC3)CC2)c1. The normalized spacial score (nSPS) is 20.1. The van der Waals surface area contributed by atoms with Gasteiger partial charge < -0.3 is 10.2 Å². The van der Waals surface area contributed by atoms with E-state index in [0.29, 0.717) is 11.8 Å². The number of thioether (sulfide) groups is 1. The Bertz CT molecular complexity index is 534. The van der Waals surface area contributed by atoms with Crippen LogP contribution in [-0.4, -0.2) is 41.7 Å². The van der Waals surface area contributed by atoms with Gasteiger partial charge in [-0.2, -0.15) is 0 Å². The van der Waals surface area contributed by atoms with Crippen molar-refractivity contribution in [2.24, 2.45) is 0 Å².